The second-order valence-corrected chi connectivity index (χ2v) is 5.05. The van der Waals surface area contributed by atoms with Crippen LogP contribution in [-0.4, -0.2) is 23.7 Å². The van der Waals surface area contributed by atoms with E-state index in [0.29, 0.717) is 5.56 Å². The van der Waals surface area contributed by atoms with Crippen LogP contribution in [0.25, 0.3) is 0 Å². The summed E-state index contributed by atoms with van der Waals surface area (Å²) in [5, 5.41) is 11.6. The summed E-state index contributed by atoms with van der Waals surface area (Å²) in [7, 11) is 0. The zero-order valence-corrected chi connectivity index (χ0v) is 11.3. The molecule has 1 amide bonds. The molecule has 1 aromatic rings. The maximum atomic E-state index is 11.6. The number of aliphatic hydroxyl groups excluding tert-OH is 1. The van der Waals surface area contributed by atoms with Crippen molar-refractivity contribution in [3.63, 3.8) is 0 Å². The highest BCUT2D eigenvalue weighted by molar-refractivity contribution is 9.11. The number of hydrogen-bond acceptors (Lipinski definition) is 2. The number of carbonyl (C=O) groups excluding carboxylic acids is 1. The number of carbonyl (C=O) groups is 1. The number of amides is 1. The highest BCUT2D eigenvalue weighted by atomic mass is 79.9. The van der Waals surface area contributed by atoms with Crippen molar-refractivity contribution in [3.8, 4) is 0 Å². The van der Waals surface area contributed by atoms with Crippen LogP contribution >= 0.6 is 31.9 Å². The Hall–Kier alpha value is -0.390. The molecule has 0 aliphatic carbocycles. The smallest absolute Gasteiger partial charge is 0.251 e. The average molecular weight is 337 g/mol. The molecule has 0 aliphatic rings. The quantitative estimate of drug-likeness (QED) is 0.890. The van der Waals surface area contributed by atoms with Gasteiger partial charge in [0.1, 0.15) is 0 Å². The number of halogens is 2. The van der Waals surface area contributed by atoms with Crippen LogP contribution in [0.4, 0.5) is 0 Å². The third-order valence-electron chi connectivity index (χ3n) is 1.68. The van der Waals surface area contributed by atoms with Crippen LogP contribution in [0.5, 0.6) is 0 Å². The van der Waals surface area contributed by atoms with Crippen molar-refractivity contribution in [2.45, 2.75) is 13.0 Å². The molecule has 0 saturated carbocycles. The summed E-state index contributed by atoms with van der Waals surface area (Å²) >= 11 is 6.60. The molecule has 0 fully saturated rings. The average Bonchev–Trinajstić information content (AvgIpc) is 2.12. The van der Waals surface area contributed by atoms with E-state index in [4.69, 9.17) is 5.11 Å². The van der Waals surface area contributed by atoms with Crippen LogP contribution in [0, 0.1) is 0 Å². The SMILES string of the molecule is CC(O)CNC(=O)c1cc(Br)cc(Br)c1. The minimum absolute atomic E-state index is 0.196. The van der Waals surface area contributed by atoms with Crippen LogP contribution < -0.4 is 5.32 Å². The fraction of sp³-hybridized carbons (Fsp3) is 0.300. The summed E-state index contributed by atoms with van der Waals surface area (Å²) in [4.78, 5) is 11.6. The van der Waals surface area contributed by atoms with Gasteiger partial charge in [-0.3, -0.25) is 4.79 Å². The van der Waals surface area contributed by atoms with Crippen molar-refractivity contribution in [2.75, 3.05) is 6.54 Å². The standard InChI is InChI=1S/C10H11Br2NO2/c1-6(14)5-13-10(15)7-2-8(11)4-9(12)3-7/h2-4,6,14H,5H2,1H3,(H,13,15). The van der Waals surface area contributed by atoms with Crippen LogP contribution in [0.1, 0.15) is 17.3 Å². The molecule has 15 heavy (non-hydrogen) atoms. The number of hydrogen-bond donors (Lipinski definition) is 2. The Kier molecular flexibility index (Phi) is 4.76. The fourth-order valence-electron chi connectivity index (χ4n) is 1.03. The van der Waals surface area contributed by atoms with Gasteiger partial charge in [-0.1, -0.05) is 31.9 Å². The van der Waals surface area contributed by atoms with E-state index in [0.717, 1.165) is 8.95 Å². The van der Waals surface area contributed by atoms with Gasteiger partial charge in [-0.25, -0.2) is 0 Å². The van der Waals surface area contributed by atoms with Gasteiger partial charge in [0.15, 0.2) is 0 Å². The lowest BCUT2D eigenvalue weighted by molar-refractivity contribution is 0.0924. The normalized spacial score (nSPS) is 12.3. The van der Waals surface area contributed by atoms with Gasteiger partial charge in [-0.15, -0.1) is 0 Å². The van der Waals surface area contributed by atoms with Gasteiger partial charge in [0.05, 0.1) is 6.10 Å². The first-order valence-electron chi connectivity index (χ1n) is 4.41. The van der Waals surface area contributed by atoms with Gasteiger partial charge in [-0.2, -0.15) is 0 Å². The minimum atomic E-state index is -0.537. The molecule has 0 aliphatic heterocycles. The van der Waals surface area contributed by atoms with Gasteiger partial charge < -0.3 is 10.4 Å². The molecule has 0 aromatic heterocycles. The Balaban J connectivity index is 2.73. The van der Waals surface area contributed by atoms with Gasteiger partial charge in [-0.05, 0) is 25.1 Å². The Labute approximate surface area is 105 Å². The topological polar surface area (TPSA) is 49.3 Å². The summed E-state index contributed by atoms with van der Waals surface area (Å²) < 4.78 is 1.66. The predicted octanol–water partition coefficient (Wildman–Crippen LogP) is 2.32. The Morgan fingerprint density at radius 1 is 1.40 bits per heavy atom. The maximum Gasteiger partial charge on any atom is 0.251 e. The lowest BCUT2D eigenvalue weighted by Crippen LogP contribution is -2.30. The largest absolute Gasteiger partial charge is 0.392 e. The van der Waals surface area contributed by atoms with Crippen LogP contribution in [0.15, 0.2) is 27.1 Å². The number of nitrogens with one attached hydrogen (secondary N) is 1. The van der Waals surface area contributed by atoms with Crippen molar-refractivity contribution in [2.24, 2.45) is 0 Å². The molecule has 1 aromatic carbocycles. The molecule has 1 rings (SSSR count). The third kappa shape index (κ3) is 4.32. The summed E-state index contributed by atoms with van der Waals surface area (Å²) in [6.07, 6.45) is -0.537. The fourth-order valence-corrected chi connectivity index (χ4v) is 2.32. The van der Waals surface area contributed by atoms with Crippen molar-refractivity contribution in [3.05, 3.63) is 32.7 Å². The van der Waals surface area contributed by atoms with Crippen molar-refractivity contribution in [1.29, 1.82) is 0 Å². The number of rotatable bonds is 3. The summed E-state index contributed by atoms with van der Waals surface area (Å²) in [5.41, 5.74) is 0.553. The monoisotopic (exact) mass is 335 g/mol. The molecule has 0 saturated heterocycles. The lowest BCUT2D eigenvalue weighted by Gasteiger charge is -2.07. The Morgan fingerprint density at radius 3 is 2.40 bits per heavy atom. The molecule has 1 atom stereocenters. The van der Waals surface area contributed by atoms with Crippen molar-refractivity contribution < 1.29 is 9.90 Å². The molecule has 0 spiro atoms. The van der Waals surface area contributed by atoms with Crippen LogP contribution in [0.2, 0.25) is 0 Å². The van der Waals surface area contributed by atoms with E-state index in [9.17, 15) is 4.79 Å². The molecular formula is C10H11Br2NO2. The van der Waals surface area contributed by atoms with Gasteiger partial charge in [0, 0.05) is 21.1 Å². The molecule has 3 nitrogen and oxygen atoms in total. The van der Waals surface area contributed by atoms with Crippen molar-refractivity contribution in [1.82, 2.24) is 5.32 Å². The third-order valence-corrected chi connectivity index (χ3v) is 2.60. The number of aliphatic hydroxyl groups is 1. The predicted molar refractivity (Wildman–Crippen MR) is 65.9 cm³/mol. The van der Waals surface area contributed by atoms with Gasteiger partial charge in [0.25, 0.3) is 5.91 Å². The molecule has 5 heteroatoms. The minimum Gasteiger partial charge on any atom is -0.392 e. The van der Waals surface area contributed by atoms with E-state index in [1.54, 1.807) is 19.1 Å². The van der Waals surface area contributed by atoms with Gasteiger partial charge >= 0.3 is 0 Å². The molecule has 1 unspecified atom stereocenters. The van der Waals surface area contributed by atoms with Gasteiger partial charge in [0.2, 0.25) is 0 Å². The van der Waals surface area contributed by atoms with E-state index < -0.39 is 6.10 Å². The second kappa shape index (κ2) is 5.63. The Morgan fingerprint density at radius 2 is 1.93 bits per heavy atom. The molecule has 0 radical (unpaired) electrons. The summed E-state index contributed by atoms with van der Waals surface area (Å²) in [6.45, 7) is 1.88. The zero-order valence-electron chi connectivity index (χ0n) is 8.13. The Bertz CT molecular complexity index is 346. The molecule has 0 heterocycles. The second-order valence-electron chi connectivity index (χ2n) is 3.22. The molecule has 82 valence electrons. The maximum absolute atomic E-state index is 11.6. The first-order chi connectivity index (χ1) is 6.99. The highest BCUT2D eigenvalue weighted by Gasteiger charge is 2.07. The van der Waals surface area contributed by atoms with Crippen LogP contribution in [-0.2, 0) is 0 Å². The zero-order chi connectivity index (χ0) is 11.4. The summed E-state index contributed by atoms with van der Waals surface area (Å²) in [6, 6.07) is 5.30. The van der Waals surface area contributed by atoms with E-state index in [1.165, 1.54) is 0 Å². The first kappa shape index (κ1) is 12.7. The van der Waals surface area contributed by atoms with Crippen LogP contribution in [0.3, 0.4) is 0 Å². The molecular weight excluding hydrogens is 326 g/mol. The summed E-state index contributed by atoms with van der Waals surface area (Å²) in [5.74, 6) is -0.196. The highest BCUT2D eigenvalue weighted by Crippen LogP contribution is 2.19. The van der Waals surface area contributed by atoms with E-state index in [-0.39, 0.29) is 12.5 Å². The van der Waals surface area contributed by atoms with E-state index in [1.807, 2.05) is 6.07 Å². The molecule has 0 bridgehead atoms. The van der Waals surface area contributed by atoms with E-state index >= 15 is 0 Å². The lowest BCUT2D eigenvalue weighted by atomic mass is 10.2. The molecule has 2 N–H and O–H groups in total. The van der Waals surface area contributed by atoms with Crippen molar-refractivity contribution >= 4 is 37.8 Å². The first-order valence-corrected chi connectivity index (χ1v) is 6.00. The van der Waals surface area contributed by atoms with E-state index in [2.05, 4.69) is 37.2 Å². The number of benzene rings is 1.